The van der Waals surface area contributed by atoms with Gasteiger partial charge in [-0.2, -0.15) is 0 Å². The highest BCUT2D eigenvalue weighted by atomic mass is 32.1. The summed E-state index contributed by atoms with van der Waals surface area (Å²) in [5, 5.41) is 4.34. The summed E-state index contributed by atoms with van der Waals surface area (Å²) in [7, 11) is 0. The molecule has 10 heteroatoms. The van der Waals surface area contributed by atoms with Crippen LogP contribution in [0.2, 0.25) is 0 Å². The first-order valence-corrected chi connectivity index (χ1v) is 10.9. The molecule has 3 atom stereocenters. The Morgan fingerprint density at radius 3 is 2.35 bits per heavy atom. The Balaban J connectivity index is 1.67. The van der Waals surface area contributed by atoms with Crippen LogP contribution >= 0.6 is 11.3 Å². The molecule has 3 N–H and O–H groups in total. The Labute approximate surface area is 183 Å². The Hall–Kier alpha value is -3.01. The molecule has 1 aromatic heterocycles. The maximum atomic E-state index is 12.9. The first kappa shape index (κ1) is 22.7. The molecule has 0 spiro atoms. The van der Waals surface area contributed by atoms with Crippen molar-refractivity contribution >= 4 is 45.9 Å². The van der Waals surface area contributed by atoms with Gasteiger partial charge in [0.25, 0.3) is 11.8 Å². The van der Waals surface area contributed by atoms with Gasteiger partial charge in [0.2, 0.25) is 11.8 Å². The van der Waals surface area contributed by atoms with E-state index in [0.717, 1.165) is 16.2 Å². The highest BCUT2D eigenvalue weighted by Gasteiger charge is 2.51. The zero-order valence-electron chi connectivity index (χ0n) is 17.3. The summed E-state index contributed by atoms with van der Waals surface area (Å²) in [4.78, 5) is 63.1. The second-order valence-corrected chi connectivity index (χ2v) is 8.95. The number of allylic oxidation sites excluding steroid dienone is 2. The van der Waals surface area contributed by atoms with Crippen molar-refractivity contribution in [3.8, 4) is 0 Å². The summed E-state index contributed by atoms with van der Waals surface area (Å²) in [6.45, 7) is 3.12. The second kappa shape index (κ2) is 9.42. The molecule has 1 aromatic rings. The fraction of sp³-hybridized carbons (Fsp3) is 0.476. The quantitative estimate of drug-likeness (QED) is 0.354. The van der Waals surface area contributed by atoms with Crippen LogP contribution in [0.3, 0.4) is 0 Å². The summed E-state index contributed by atoms with van der Waals surface area (Å²) in [6.07, 6.45) is 4.94. The van der Waals surface area contributed by atoms with Crippen LogP contribution in [-0.2, 0) is 23.9 Å². The summed E-state index contributed by atoms with van der Waals surface area (Å²) in [5.41, 5.74) is 5.40. The van der Waals surface area contributed by atoms with E-state index in [1.54, 1.807) is 5.38 Å². The van der Waals surface area contributed by atoms with Gasteiger partial charge in [0.1, 0.15) is 11.0 Å². The Kier molecular flexibility index (Phi) is 6.89. The molecule has 1 fully saturated rings. The number of fused-ring (bicyclic) bond motifs is 1. The second-order valence-electron chi connectivity index (χ2n) is 8.03. The average molecular weight is 448 g/mol. The first-order valence-electron chi connectivity index (χ1n) is 10.1. The zero-order valence-corrected chi connectivity index (χ0v) is 18.1. The number of esters is 1. The number of hydrogen-bond donors (Lipinski definition) is 2. The van der Waals surface area contributed by atoms with Crippen molar-refractivity contribution in [1.82, 2.24) is 4.90 Å². The number of anilines is 1. The molecule has 9 nitrogen and oxygen atoms in total. The van der Waals surface area contributed by atoms with Crippen molar-refractivity contribution < 1.29 is 28.7 Å². The van der Waals surface area contributed by atoms with Gasteiger partial charge >= 0.3 is 5.97 Å². The molecule has 0 unspecified atom stereocenters. The number of likely N-dealkylation sites (tertiary alicyclic amines) is 1. The third kappa shape index (κ3) is 4.84. The van der Waals surface area contributed by atoms with Crippen LogP contribution in [0.4, 0.5) is 5.00 Å². The van der Waals surface area contributed by atoms with Gasteiger partial charge in [-0.1, -0.05) is 26.0 Å². The van der Waals surface area contributed by atoms with Crippen LogP contribution in [-0.4, -0.2) is 47.1 Å². The number of thiophene rings is 1. The number of rotatable bonds is 8. The first-order chi connectivity index (χ1) is 14.7. The zero-order chi connectivity index (χ0) is 22.7. The van der Waals surface area contributed by atoms with E-state index in [0.29, 0.717) is 12.8 Å². The molecule has 0 bridgehead atoms. The van der Waals surface area contributed by atoms with Crippen LogP contribution in [0.15, 0.2) is 23.6 Å². The Morgan fingerprint density at radius 1 is 1.19 bits per heavy atom. The molecule has 0 aromatic carbocycles. The number of amides is 4. The molecular weight excluding hydrogens is 422 g/mol. The van der Waals surface area contributed by atoms with Crippen LogP contribution in [0.25, 0.3) is 0 Å². The van der Waals surface area contributed by atoms with Crippen LogP contribution < -0.4 is 11.1 Å². The van der Waals surface area contributed by atoms with E-state index in [2.05, 4.69) is 5.32 Å². The summed E-state index contributed by atoms with van der Waals surface area (Å²) in [6, 6.07) is 0.396. The minimum atomic E-state index is -1.08. The van der Waals surface area contributed by atoms with Gasteiger partial charge in [-0.05, 0) is 36.6 Å². The molecule has 3 rings (SSSR count). The summed E-state index contributed by atoms with van der Waals surface area (Å²) < 4.78 is 5.15. The molecule has 1 saturated heterocycles. The third-order valence-electron chi connectivity index (χ3n) is 5.35. The molecule has 1 aliphatic heterocycles. The fourth-order valence-electron chi connectivity index (χ4n) is 3.88. The van der Waals surface area contributed by atoms with Gasteiger partial charge in [0, 0.05) is 0 Å². The van der Waals surface area contributed by atoms with E-state index >= 15 is 0 Å². The van der Waals surface area contributed by atoms with E-state index < -0.39 is 42.3 Å². The Morgan fingerprint density at radius 2 is 1.81 bits per heavy atom. The van der Waals surface area contributed by atoms with E-state index in [9.17, 15) is 24.0 Å². The van der Waals surface area contributed by atoms with Gasteiger partial charge < -0.3 is 15.8 Å². The number of carbonyl (C=O) groups excluding carboxylic acids is 5. The predicted molar refractivity (Wildman–Crippen MR) is 113 cm³/mol. The number of hydrogen-bond acceptors (Lipinski definition) is 7. The largest absolute Gasteiger partial charge is 0.454 e. The van der Waals surface area contributed by atoms with E-state index in [1.165, 1.54) is 6.07 Å². The summed E-state index contributed by atoms with van der Waals surface area (Å²) in [5.74, 6) is -3.77. The number of nitrogens with zero attached hydrogens (tertiary/aromatic N) is 1. The predicted octanol–water partition coefficient (Wildman–Crippen LogP) is 1.69. The van der Waals surface area contributed by atoms with Crippen molar-refractivity contribution in [3.63, 3.8) is 0 Å². The topological polar surface area (TPSA) is 136 Å². The van der Waals surface area contributed by atoms with Crippen LogP contribution in [0, 0.1) is 17.8 Å². The SMILES string of the molecule is CC(C)C[C@H](C(=O)OCC(=O)Nc1sccc1C(N)=O)N1C(=O)[C@H]2CC=CC[C@@H]2C1=O. The minimum Gasteiger partial charge on any atom is -0.454 e. The normalized spacial score (nSPS) is 21.2. The molecule has 2 heterocycles. The van der Waals surface area contributed by atoms with Crippen LogP contribution in [0.1, 0.15) is 43.5 Å². The van der Waals surface area contributed by atoms with Crippen molar-refractivity contribution in [3.05, 3.63) is 29.2 Å². The van der Waals surface area contributed by atoms with Crippen molar-refractivity contribution in [2.24, 2.45) is 23.5 Å². The van der Waals surface area contributed by atoms with Crippen molar-refractivity contribution in [1.29, 1.82) is 0 Å². The monoisotopic (exact) mass is 447 g/mol. The van der Waals surface area contributed by atoms with Gasteiger partial charge in [0.05, 0.1) is 17.4 Å². The smallest absolute Gasteiger partial charge is 0.329 e. The van der Waals surface area contributed by atoms with E-state index in [1.807, 2.05) is 26.0 Å². The van der Waals surface area contributed by atoms with Gasteiger partial charge in [-0.15, -0.1) is 11.3 Å². The van der Waals surface area contributed by atoms with Crippen molar-refractivity contribution in [2.75, 3.05) is 11.9 Å². The fourth-order valence-corrected chi connectivity index (χ4v) is 4.69. The molecular formula is C21H25N3O6S. The maximum Gasteiger partial charge on any atom is 0.329 e. The number of carbonyl (C=O) groups is 5. The highest BCUT2D eigenvalue weighted by Crippen LogP contribution is 2.37. The molecule has 1 aliphatic carbocycles. The number of nitrogens with two attached hydrogens (primary N) is 1. The standard InChI is InChI=1S/C21H25N3O6S/c1-11(2)9-15(24-19(27)12-5-3-4-6-13(12)20(24)28)21(29)30-10-16(25)23-18-14(17(22)26)7-8-31-18/h3-4,7-8,11-13,15H,5-6,9-10H2,1-2H3,(H2,22,26)(H,23,25)/t12-,13-,15+/m0/s1. The Bertz CT molecular complexity index is 911. The lowest BCUT2D eigenvalue weighted by molar-refractivity contribution is -0.160. The lowest BCUT2D eigenvalue weighted by Gasteiger charge is -2.26. The molecule has 4 amide bonds. The number of ether oxygens (including phenoxy) is 1. The van der Waals surface area contributed by atoms with Crippen LogP contribution in [0.5, 0.6) is 0 Å². The maximum absolute atomic E-state index is 12.9. The highest BCUT2D eigenvalue weighted by molar-refractivity contribution is 7.14. The summed E-state index contributed by atoms with van der Waals surface area (Å²) >= 11 is 1.11. The molecule has 0 saturated carbocycles. The third-order valence-corrected chi connectivity index (χ3v) is 6.18. The number of imide groups is 1. The molecule has 2 aliphatic rings. The average Bonchev–Trinajstić information content (AvgIpc) is 3.28. The van der Waals surface area contributed by atoms with Gasteiger partial charge in [-0.3, -0.25) is 24.1 Å². The van der Waals surface area contributed by atoms with E-state index in [-0.39, 0.29) is 34.7 Å². The van der Waals surface area contributed by atoms with Crippen molar-refractivity contribution in [2.45, 2.75) is 39.2 Å². The minimum absolute atomic E-state index is 0.0111. The van der Waals surface area contributed by atoms with Gasteiger partial charge in [-0.25, -0.2) is 4.79 Å². The lowest BCUT2D eigenvalue weighted by Crippen LogP contribution is -2.47. The van der Waals surface area contributed by atoms with Gasteiger partial charge in [0.15, 0.2) is 6.61 Å². The molecule has 0 radical (unpaired) electrons. The molecule has 166 valence electrons. The van der Waals surface area contributed by atoms with E-state index in [4.69, 9.17) is 10.5 Å². The number of primary amides is 1. The lowest BCUT2D eigenvalue weighted by atomic mass is 9.85. The molecule has 31 heavy (non-hydrogen) atoms. The number of nitrogens with one attached hydrogen (secondary N) is 1.